The number of hydrogen-bond acceptors (Lipinski definition) is 2. The van der Waals surface area contributed by atoms with Gasteiger partial charge in [0.2, 0.25) is 5.91 Å². The molecule has 1 heterocycles. The molecule has 0 N–H and O–H groups in total. The quantitative estimate of drug-likeness (QED) is 0.823. The summed E-state index contributed by atoms with van der Waals surface area (Å²) in [6.45, 7) is 1.49. The summed E-state index contributed by atoms with van der Waals surface area (Å²) in [5.41, 5.74) is 2.05. The summed E-state index contributed by atoms with van der Waals surface area (Å²) < 4.78 is 18.7. The first kappa shape index (κ1) is 17.6. The number of methoxy groups -OCH3 is 1. The van der Waals surface area contributed by atoms with Gasteiger partial charge < -0.3 is 9.64 Å². The minimum Gasteiger partial charge on any atom is -0.376 e. The molecule has 0 bridgehead atoms. The minimum atomic E-state index is -0.275. The van der Waals surface area contributed by atoms with Gasteiger partial charge in [0.15, 0.2) is 0 Å². The van der Waals surface area contributed by atoms with E-state index in [0.717, 1.165) is 31.5 Å². The summed E-state index contributed by atoms with van der Waals surface area (Å²) in [6.07, 6.45) is 2.28. The highest BCUT2D eigenvalue weighted by Crippen LogP contribution is 2.33. The van der Waals surface area contributed by atoms with E-state index in [1.54, 1.807) is 19.2 Å². The normalized spacial score (nSPS) is 16.6. The van der Waals surface area contributed by atoms with Crippen molar-refractivity contribution in [2.45, 2.75) is 25.4 Å². The predicted octanol–water partition coefficient (Wildman–Crippen LogP) is 3.99. The summed E-state index contributed by atoms with van der Waals surface area (Å²) in [4.78, 5) is 14.4. The molecule has 0 aromatic heterocycles. The zero-order chi connectivity index (χ0) is 17.6. The number of amides is 1. The minimum absolute atomic E-state index is 0.0792. The molecule has 3 rings (SSSR count). The molecule has 2 aromatic rings. The maximum Gasteiger partial charge on any atom is 0.226 e. The second-order valence-electron chi connectivity index (χ2n) is 6.59. The lowest BCUT2D eigenvalue weighted by atomic mass is 9.87. The van der Waals surface area contributed by atoms with Crippen molar-refractivity contribution in [1.29, 1.82) is 0 Å². The Bertz CT molecular complexity index is 679. The molecular weight excluding hydrogens is 317 g/mol. The Hall–Kier alpha value is -2.20. The van der Waals surface area contributed by atoms with Gasteiger partial charge in [-0.2, -0.15) is 0 Å². The molecule has 1 fully saturated rings. The fourth-order valence-electron chi connectivity index (χ4n) is 3.58. The van der Waals surface area contributed by atoms with Gasteiger partial charge in [0.25, 0.3) is 0 Å². The third kappa shape index (κ3) is 4.45. The molecule has 1 aliphatic heterocycles. The van der Waals surface area contributed by atoms with Crippen LogP contribution in [0.5, 0.6) is 0 Å². The number of hydrogen-bond donors (Lipinski definition) is 0. The first-order chi connectivity index (χ1) is 12.2. The highest BCUT2D eigenvalue weighted by molar-refractivity contribution is 5.78. The Balaban J connectivity index is 1.55. The van der Waals surface area contributed by atoms with Gasteiger partial charge in [-0.15, -0.1) is 0 Å². The predicted molar refractivity (Wildman–Crippen MR) is 95.6 cm³/mol. The molecule has 0 saturated carbocycles. The summed E-state index contributed by atoms with van der Waals surface area (Å²) in [6, 6.07) is 16.4. The van der Waals surface area contributed by atoms with E-state index in [4.69, 9.17) is 4.74 Å². The van der Waals surface area contributed by atoms with Crippen LogP contribution in [-0.4, -0.2) is 31.0 Å². The van der Waals surface area contributed by atoms with E-state index < -0.39 is 0 Å². The zero-order valence-corrected chi connectivity index (χ0v) is 14.5. The first-order valence-electron chi connectivity index (χ1n) is 8.77. The van der Waals surface area contributed by atoms with E-state index in [1.165, 1.54) is 17.7 Å². The van der Waals surface area contributed by atoms with E-state index in [-0.39, 0.29) is 17.8 Å². The third-order valence-corrected chi connectivity index (χ3v) is 4.97. The first-order valence-corrected chi connectivity index (χ1v) is 8.77. The van der Waals surface area contributed by atoms with Crippen molar-refractivity contribution in [3.63, 3.8) is 0 Å². The largest absolute Gasteiger partial charge is 0.376 e. The van der Waals surface area contributed by atoms with Crippen LogP contribution < -0.4 is 0 Å². The number of carbonyl (C=O) groups excluding carboxylic acids is 1. The molecule has 3 nitrogen and oxygen atoms in total. The Labute approximate surface area is 148 Å². The maximum atomic E-state index is 13.0. The summed E-state index contributed by atoms with van der Waals surface area (Å²) in [5, 5.41) is 0. The zero-order valence-electron chi connectivity index (χ0n) is 14.5. The number of carbonyl (C=O) groups is 1. The van der Waals surface area contributed by atoms with Gasteiger partial charge in [-0.25, -0.2) is 4.39 Å². The third-order valence-electron chi connectivity index (χ3n) is 4.97. The molecule has 1 saturated heterocycles. The Morgan fingerprint density at radius 2 is 1.76 bits per heavy atom. The van der Waals surface area contributed by atoms with Gasteiger partial charge in [0.05, 0.1) is 12.5 Å². The number of likely N-dealkylation sites (tertiary alicyclic amines) is 1. The number of piperidine rings is 1. The lowest BCUT2D eigenvalue weighted by Crippen LogP contribution is -2.40. The second-order valence-corrected chi connectivity index (χ2v) is 6.59. The van der Waals surface area contributed by atoms with E-state index in [1.807, 2.05) is 23.1 Å². The van der Waals surface area contributed by atoms with Crippen molar-refractivity contribution in [2.75, 3.05) is 20.2 Å². The molecule has 2 aromatic carbocycles. The molecule has 1 unspecified atom stereocenters. The molecule has 4 heteroatoms. The van der Waals surface area contributed by atoms with Crippen molar-refractivity contribution in [1.82, 2.24) is 4.90 Å². The lowest BCUT2D eigenvalue weighted by Gasteiger charge is -2.35. The standard InChI is InChI=1S/C21H24FNO2/c1-25-21(17-5-3-2-4-6-17)18-11-13-23(14-12-18)20(24)15-16-7-9-19(22)10-8-16/h2-10,18,21H,11-15H2,1H3. The topological polar surface area (TPSA) is 29.5 Å². The summed E-state index contributed by atoms with van der Waals surface area (Å²) in [7, 11) is 1.75. The fourth-order valence-corrected chi connectivity index (χ4v) is 3.58. The van der Waals surface area contributed by atoms with Crippen LogP contribution in [0.15, 0.2) is 54.6 Å². The van der Waals surface area contributed by atoms with Crippen molar-refractivity contribution in [2.24, 2.45) is 5.92 Å². The number of nitrogens with zero attached hydrogens (tertiary/aromatic N) is 1. The summed E-state index contributed by atoms with van der Waals surface area (Å²) in [5.74, 6) is 0.254. The number of halogens is 1. The fraction of sp³-hybridized carbons (Fsp3) is 0.381. The maximum absolute atomic E-state index is 13.0. The highest BCUT2D eigenvalue weighted by Gasteiger charge is 2.29. The average molecular weight is 341 g/mol. The smallest absolute Gasteiger partial charge is 0.226 e. The molecule has 0 spiro atoms. The second kappa shape index (κ2) is 8.26. The van der Waals surface area contributed by atoms with E-state index in [9.17, 15) is 9.18 Å². The van der Waals surface area contributed by atoms with Crippen molar-refractivity contribution in [3.05, 3.63) is 71.5 Å². The van der Waals surface area contributed by atoms with Gasteiger partial charge in [-0.05, 0) is 42.0 Å². The highest BCUT2D eigenvalue weighted by atomic mass is 19.1. The van der Waals surface area contributed by atoms with Crippen LogP contribution in [0.25, 0.3) is 0 Å². The van der Waals surface area contributed by atoms with Crippen LogP contribution in [0.1, 0.15) is 30.1 Å². The van der Waals surface area contributed by atoms with Gasteiger partial charge in [-0.3, -0.25) is 4.79 Å². The molecule has 0 radical (unpaired) electrons. The summed E-state index contributed by atoms with van der Waals surface area (Å²) >= 11 is 0. The van der Waals surface area contributed by atoms with E-state index in [0.29, 0.717) is 12.3 Å². The van der Waals surface area contributed by atoms with Gasteiger partial charge >= 0.3 is 0 Å². The Kier molecular flexibility index (Phi) is 5.82. The van der Waals surface area contributed by atoms with Crippen LogP contribution >= 0.6 is 0 Å². The monoisotopic (exact) mass is 341 g/mol. The van der Waals surface area contributed by atoms with Crippen LogP contribution in [0.3, 0.4) is 0 Å². The molecule has 25 heavy (non-hydrogen) atoms. The molecule has 1 atom stereocenters. The van der Waals surface area contributed by atoms with Crippen molar-refractivity contribution >= 4 is 5.91 Å². The molecule has 1 amide bonds. The molecule has 1 aliphatic rings. The molecule has 132 valence electrons. The lowest BCUT2D eigenvalue weighted by molar-refractivity contribution is -0.132. The Morgan fingerprint density at radius 3 is 2.36 bits per heavy atom. The van der Waals surface area contributed by atoms with Crippen molar-refractivity contribution in [3.8, 4) is 0 Å². The number of benzene rings is 2. The average Bonchev–Trinajstić information content (AvgIpc) is 2.66. The van der Waals surface area contributed by atoms with E-state index >= 15 is 0 Å². The van der Waals surface area contributed by atoms with Crippen LogP contribution in [-0.2, 0) is 16.0 Å². The molecular formula is C21H24FNO2. The van der Waals surface area contributed by atoms with Crippen LogP contribution in [0.2, 0.25) is 0 Å². The van der Waals surface area contributed by atoms with Gasteiger partial charge in [0, 0.05) is 20.2 Å². The van der Waals surface area contributed by atoms with Crippen LogP contribution in [0.4, 0.5) is 4.39 Å². The van der Waals surface area contributed by atoms with Crippen LogP contribution in [0, 0.1) is 11.7 Å². The molecule has 0 aliphatic carbocycles. The number of ether oxygens (including phenoxy) is 1. The van der Waals surface area contributed by atoms with Gasteiger partial charge in [0.1, 0.15) is 5.82 Å². The number of rotatable bonds is 5. The SMILES string of the molecule is COC(c1ccccc1)C1CCN(C(=O)Cc2ccc(F)cc2)CC1. The van der Waals surface area contributed by atoms with Crippen molar-refractivity contribution < 1.29 is 13.9 Å². The van der Waals surface area contributed by atoms with Gasteiger partial charge in [-0.1, -0.05) is 42.5 Å². The van der Waals surface area contributed by atoms with E-state index in [2.05, 4.69) is 12.1 Å². The Morgan fingerprint density at radius 1 is 1.12 bits per heavy atom.